The number of aliphatic carboxylic acids is 1. The molecule has 0 fully saturated rings. The van der Waals surface area contributed by atoms with Crippen LogP contribution in [0.15, 0.2) is 10.6 Å². The molecule has 2 N–H and O–H groups in total. The summed E-state index contributed by atoms with van der Waals surface area (Å²) in [5.41, 5.74) is 0.102. The summed E-state index contributed by atoms with van der Waals surface area (Å²) in [5.74, 6) is -1.05. The molecule has 17 heavy (non-hydrogen) atoms. The maximum Gasteiger partial charge on any atom is 0.326 e. The lowest BCUT2D eigenvalue weighted by molar-refractivity contribution is -0.139. The number of aryl methyl sites for hydroxylation is 1. The van der Waals surface area contributed by atoms with Crippen LogP contribution in [0.4, 0.5) is 0 Å². The lowest BCUT2D eigenvalue weighted by Crippen LogP contribution is -2.40. The average molecular weight is 240 g/mol. The molecule has 1 rings (SSSR count). The van der Waals surface area contributed by atoms with E-state index in [1.54, 1.807) is 6.92 Å². The topological polar surface area (TPSA) is 92.4 Å². The van der Waals surface area contributed by atoms with Gasteiger partial charge < -0.3 is 14.9 Å². The Morgan fingerprint density at radius 2 is 2.29 bits per heavy atom. The van der Waals surface area contributed by atoms with Crippen molar-refractivity contribution in [1.82, 2.24) is 10.5 Å². The van der Waals surface area contributed by atoms with Crippen molar-refractivity contribution in [2.45, 2.75) is 39.2 Å². The molecular formula is C11H16N2O4. The van der Waals surface area contributed by atoms with Crippen LogP contribution < -0.4 is 5.32 Å². The van der Waals surface area contributed by atoms with Crippen LogP contribution in [0.2, 0.25) is 0 Å². The first-order chi connectivity index (χ1) is 8.04. The van der Waals surface area contributed by atoms with Crippen molar-refractivity contribution in [1.29, 1.82) is 0 Å². The lowest BCUT2D eigenvalue weighted by Gasteiger charge is -2.12. The Morgan fingerprint density at radius 3 is 2.76 bits per heavy atom. The minimum absolute atomic E-state index is 0.102. The van der Waals surface area contributed by atoms with Gasteiger partial charge in [-0.2, -0.15) is 0 Å². The normalized spacial score (nSPS) is 12.1. The van der Waals surface area contributed by atoms with E-state index in [0.717, 1.165) is 12.8 Å². The summed E-state index contributed by atoms with van der Waals surface area (Å²) < 4.78 is 4.75. The molecule has 0 aliphatic rings. The van der Waals surface area contributed by atoms with E-state index in [0.29, 0.717) is 12.2 Å². The molecule has 6 nitrogen and oxygen atoms in total. The van der Waals surface area contributed by atoms with Crippen LogP contribution in [0.25, 0.3) is 0 Å². The molecule has 0 saturated carbocycles. The molecule has 0 aliphatic heterocycles. The summed E-state index contributed by atoms with van der Waals surface area (Å²) in [6, 6.07) is 0.591. The number of hydrogen-bond donors (Lipinski definition) is 2. The molecule has 0 radical (unpaired) electrons. The number of nitrogens with zero attached hydrogens (tertiary/aromatic N) is 1. The van der Waals surface area contributed by atoms with Crippen LogP contribution >= 0.6 is 0 Å². The third kappa shape index (κ3) is 3.90. The number of unbranched alkanes of at least 4 members (excludes halogenated alkanes) is 1. The van der Waals surface area contributed by atoms with Gasteiger partial charge in [-0.25, -0.2) is 4.79 Å². The summed E-state index contributed by atoms with van der Waals surface area (Å²) in [6.45, 7) is 3.62. The smallest absolute Gasteiger partial charge is 0.326 e. The first-order valence-corrected chi connectivity index (χ1v) is 5.51. The molecule has 6 heteroatoms. The predicted molar refractivity (Wildman–Crippen MR) is 59.7 cm³/mol. The van der Waals surface area contributed by atoms with E-state index < -0.39 is 17.9 Å². The summed E-state index contributed by atoms with van der Waals surface area (Å²) in [6.07, 6.45) is 2.03. The predicted octanol–water partition coefficient (Wildman–Crippen LogP) is 1.36. The quantitative estimate of drug-likeness (QED) is 0.783. The first kappa shape index (κ1) is 13.2. The Morgan fingerprint density at radius 1 is 1.59 bits per heavy atom. The van der Waals surface area contributed by atoms with Crippen LogP contribution in [-0.2, 0) is 4.79 Å². The number of rotatable bonds is 6. The monoisotopic (exact) mass is 240 g/mol. The van der Waals surface area contributed by atoms with E-state index in [4.69, 9.17) is 9.63 Å². The maximum atomic E-state index is 11.6. The standard InChI is InChI=1S/C11H16N2O4/c1-3-4-5-8(11(15)16)12-10(14)9-6-7(2)17-13-9/h6,8H,3-5H2,1-2H3,(H,12,14)(H,15,16)/t8-/m0/s1. The number of carboxylic acid groups (broad SMARTS) is 1. The van der Waals surface area contributed by atoms with Gasteiger partial charge >= 0.3 is 5.97 Å². The van der Waals surface area contributed by atoms with Crippen molar-refractivity contribution in [2.24, 2.45) is 0 Å². The van der Waals surface area contributed by atoms with Crippen molar-refractivity contribution in [3.63, 3.8) is 0 Å². The van der Waals surface area contributed by atoms with Crippen LogP contribution in [0.5, 0.6) is 0 Å². The van der Waals surface area contributed by atoms with Gasteiger partial charge in [-0.1, -0.05) is 24.9 Å². The Bertz CT molecular complexity index is 400. The van der Waals surface area contributed by atoms with E-state index in [1.807, 2.05) is 6.92 Å². The van der Waals surface area contributed by atoms with Crippen molar-refractivity contribution in [2.75, 3.05) is 0 Å². The Kier molecular flexibility index (Phi) is 4.68. The molecular weight excluding hydrogens is 224 g/mol. The fraction of sp³-hybridized carbons (Fsp3) is 0.545. The van der Waals surface area contributed by atoms with Crippen LogP contribution in [0.3, 0.4) is 0 Å². The first-order valence-electron chi connectivity index (χ1n) is 5.51. The minimum Gasteiger partial charge on any atom is -0.480 e. The van der Waals surface area contributed by atoms with Crippen LogP contribution in [-0.4, -0.2) is 28.2 Å². The third-order valence-corrected chi connectivity index (χ3v) is 2.31. The number of nitrogens with one attached hydrogen (secondary N) is 1. The van der Waals surface area contributed by atoms with Crippen molar-refractivity contribution < 1.29 is 19.2 Å². The number of carbonyl (C=O) groups is 2. The molecule has 0 bridgehead atoms. The molecule has 0 unspecified atom stereocenters. The molecule has 1 amide bonds. The molecule has 1 heterocycles. The maximum absolute atomic E-state index is 11.6. The van der Waals surface area contributed by atoms with E-state index in [1.165, 1.54) is 6.07 Å². The highest BCUT2D eigenvalue weighted by molar-refractivity contribution is 5.94. The van der Waals surface area contributed by atoms with Gasteiger partial charge in [0.05, 0.1) is 0 Å². The van der Waals surface area contributed by atoms with Gasteiger partial charge in [0.2, 0.25) is 0 Å². The molecule has 94 valence electrons. The van der Waals surface area contributed by atoms with E-state index >= 15 is 0 Å². The Balaban J connectivity index is 2.60. The lowest BCUT2D eigenvalue weighted by atomic mass is 10.1. The summed E-state index contributed by atoms with van der Waals surface area (Å²) in [7, 11) is 0. The zero-order valence-electron chi connectivity index (χ0n) is 9.90. The van der Waals surface area contributed by atoms with E-state index in [-0.39, 0.29) is 5.69 Å². The summed E-state index contributed by atoms with van der Waals surface area (Å²) in [4.78, 5) is 22.6. The van der Waals surface area contributed by atoms with Crippen LogP contribution in [0.1, 0.15) is 42.4 Å². The van der Waals surface area contributed by atoms with Gasteiger partial charge in [0.25, 0.3) is 5.91 Å². The SMILES string of the molecule is CCCC[C@H](NC(=O)c1cc(C)on1)C(=O)O. The molecule has 0 aromatic carbocycles. The fourth-order valence-electron chi connectivity index (χ4n) is 1.37. The molecule has 1 aromatic rings. The molecule has 0 aliphatic carbocycles. The largest absolute Gasteiger partial charge is 0.480 e. The highest BCUT2D eigenvalue weighted by Gasteiger charge is 2.21. The summed E-state index contributed by atoms with van der Waals surface area (Å²) in [5, 5.41) is 14.9. The van der Waals surface area contributed by atoms with Crippen LogP contribution in [0, 0.1) is 6.92 Å². The Labute approximate surface area is 99.0 Å². The zero-order valence-corrected chi connectivity index (χ0v) is 9.90. The van der Waals surface area contributed by atoms with Crippen molar-refractivity contribution in [3.8, 4) is 0 Å². The second-order valence-corrected chi connectivity index (χ2v) is 3.83. The van der Waals surface area contributed by atoms with Gasteiger partial charge in [0, 0.05) is 6.07 Å². The van der Waals surface area contributed by atoms with Gasteiger partial charge in [-0.15, -0.1) is 0 Å². The van der Waals surface area contributed by atoms with Gasteiger partial charge in [-0.05, 0) is 13.3 Å². The fourth-order valence-corrected chi connectivity index (χ4v) is 1.37. The second kappa shape index (κ2) is 6.03. The third-order valence-electron chi connectivity index (χ3n) is 2.31. The number of amides is 1. The highest BCUT2D eigenvalue weighted by atomic mass is 16.5. The Hall–Kier alpha value is -1.85. The summed E-state index contributed by atoms with van der Waals surface area (Å²) >= 11 is 0. The molecule has 1 atom stereocenters. The second-order valence-electron chi connectivity index (χ2n) is 3.83. The van der Waals surface area contributed by atoms with E-state index in [9.17, 15) is 9.59 Å². The zero-order chi connectivity index (χ0) is 12.8. The number of hydrogen-bond acceptors (Lipinski definition) is 4. The van der Waals surface area contributed by atoms with Crippen molar-refractivity contribution >= 4 is 11.9 Å². The minimum atomic E-state index is -1.04. The van der Waals surface area contributed by atoms with Gasteiger partial charge in [0.15, 0.2) is 5.69 Å². The van der Waals surface area contributed by atoms with Gasteiger partial charge in [-0.3, -0.25) is 4.79 Å². The molecule has 0 saturated heterocycles. The van der Waals surface area contributed by atoms with E-state index in [2.05, 4.69) is 10.5 Å². The number of carbonyl (C=O) groups excluding carboxylic acids is 1. The molecule has 0 spiro atoms. The molecule has 1 aromatic heterocycles. The number of aromatic nitrogens is 1. The van der Waals surface area contributed by atoms with Gasteiger partial charge in [0.1, 0.15) is 11.8 Å². The average Bonchev–Trinajstić information content (AvgIpc) is 2.70. The number of carboxylic acids is 1. The highest BCUT2D eigenvalue weighted by Crippen LogP contribution is 2.05. The van der Waals surface area contributed by atoms with Crippen molar-refractivity contribution in [3.05, 3.63) is 17.5 Å².